The minimum Gasteiger partial charge on any atom is -0.311 e. The van der Waals surface area contributed by atoms with E-state index in [1.165, 1.54) is 142 Å². The van der Waals surface area contributed by atoms with E-state index in [0.717, 1.165) is 11.4 Å². The average molecular weight is 1070 g/mol. The Morgan fingerprint density at radius 1 is 0.341 bits per heavy atom. The van der Waals surface area contributed by atoms with E-state index >= 15 is 0 Å². The highest BCUT2D eigenvalue weighted by atomic mass is 32.1. The van der Waals surface area contributed by atoms with Crippen LogP contribution in [0.25, 0.3) is 86.9 Å². The van der Waals surface area contributed by atoms with Gasteiger partial charge in [-0.05, 0) is 170 Å². The van der Waals surface area contributed by atoms with E-state index in [1.54, 1.807) is 0 Å². The van der Waals surface area contributed by atoms with Gasteiger partial charge < -0.3 is 9.80 Å². The molecule has 0 radical (unpaired) electrons. The van der Waals surface area contributed by atoms with Gasteiger partial charge in [0.05, 0.1) is 11.4 Å². The fraction of sp³-hybridized carbons (Fsp3) is 0.154. The van der Waals surface area contributed by atoms with Crippen LogP contribution in [-0.4, -0.2) is 6.71 Å². The third-order valence-electron chi connectivity index (χ3n) is 17.9. The molecule has 2 nitrogen and oxygen atoms in total. The van der Waals surface area contributed by atoms with E-state index in [9.17, 15) is 0 Å². The van der Waals surface area contributed by atoms with Gasteiger partial charge in [0, 0.05) is 43.2 Å². The highest BCUT2D eigenvalue weighted by Crippen LogP contribution is 2.53. The molecule has 0 aliphatic carbocycles. The van der Waals surface area contributed by atoms with Crippen LogP contribution in [0.2, 0.25) is 0 Å². The van der Waals surface area contributed by atoms with Crippen LogP contribution in [0.15, 0.2) is 231 Å². The van der Waals surface area contributed by atoms with Crippen molar-refractivity contribution in [1.29, 1.82) is 0 Å². The largest absolute Gasteiger partial charge is 0.311 e. The van der Waals surface area contributed by atoms with Crippen molar-refractivity contribution in [1.82, 2.24) is 0 Å². The van der Waals surface area contributed by atoms with Crippen molar-refractivity contribution in [2.24, 2.45) is 0 Å². The predicted octanol–water partition coefficient (Wildman–Crippen LogP) is 20.4. The number of hydrogen-bond acceptors (Lipinski definition) is 3. The molecule has 396 valence electrons. The van der Waals surface area contributed by atoms with E-state index in [0.29, 0.717) is 0 Å². The summed E-state index contributed by atoms with van der Waals surface area (Å²) in [5.74, 6) is 0. The Morgan fingerprint density at radius 3 is 1.59 bits per heavy atom. The maximum absolute atomic E-state index is 2.67. The lowest BCUT2D eigenvalue weighted by Gasteiger charge is -2.44. The van der Waals surface area contributed by atoms with Crippen LogP contribution in [0.3, 0.4) is 0 Å². The zero-order valence-corrected chi connectivity index (χ0v) is 49.1. The number of rotatable bonds is 6. The lowest BCUT2D eigenvalue weighted by Crippen LogP contribution is -2.60. The smallest absolute Gasteiger partial charge is 0.264 e. The Hall–Kier alpha value is -8.70. The quantitative estimate of drug-likeness (QED) is 0.121. The summed E-state index contributed by atoms with van der Waals surface area (Å²) >= 11 is 1.98. The molecule has 82 heavy (non-hydrogen) atoms. The fourth-order valence-electron chi connectivity index (χ4n) is 13.5. The van der Waals surface area contributed by atoms with Crippen LogP contribution in [0.1, 0.15) is 79.0 Å². The highest BCUT2D eigenvalue weighted by molar-refractivity contribution is 7.33. The highest BCUT2D eigenvalue weighted by Gasteiger charge is 2.46. The van der Waals surface area contributed by atoms with E-state index in [1.807, 2.05) is 11.3 Å². The Labute approximate surface area is 487 Å². The van der Waals surface area contributed by atoms with Crippen molar-refractivity contribution in [3.63, 3.8) is 0 Å². The van der Waals surface area contributed by atoms with Gasteiger partial charge in [-0.3, -0.25) is 0 Å². The second kappa shape index (κ2) is 18.4. The number of nitrogens with zero attached hydrogens (tertiary/aromatic N) is 2. The first-order valence-corrected chi connectivity index (χ1v) is 30.0. The van der Waals surface area contributed by atoms with Gasteiger partial charge in [0.1, 0.15) is 0 Å². The fourth-order valence-corrected chi connectivity index (χ4v) is 14.8. The molecule has 1 aromatic heterocycles. The molecule has 12 aromatic carbocycles. The summed E-state index contributed by atoms with van der Waals surface area (Å²) in [5.41, 5.74) is 23.3. The van der Waals surface area contributed by atoms with Crippen molar-refractivity contribution < 1.29 is 0 Å². The summed E-state index contributed by atoms with van der Waals surface area (Å²) in [6.07, 6.45) is 0. The average Bonchev–Trinajstić information content (AvgIpc) is 1.37. The number of thiophene rings is 1. The predicted molar refractivity (Wildman–Crippen MR) is 357 cm³/mol. The number of hydrogen-bond donors (Lipinski definition) is 0. The van der Waals surface area contributed by atoms with Gasteiger partial charge in [0.25, 0.3) is 6.71 Å². The van der Waals surface area contributed by atoms with Crippen LogP contribution in [0.5, 0.6) is 0 Å². The third-order valence-corrected chi connectivity index (χ3v) is 19.1. The number of fused-ring (bicyclic) bond motifs is 6. The SMILES string of the molecule is CC(C)(C)c1ccc(N2c3cc(-c4ccccc4)cc4c3B(c3cc(-c5ccccc5-c5ccccc5)ccc3N4c3ccc(C(C)(C)C)cc3-c3ccc4ccc5cccc6ccc3c4c56)c3sc4ccc(C(C)(C)C)cc4c32)cc1. The van der Waals surface area contributed by atoms with Gasteiger partial charge in [-0.2, -0.15) is 0 Å². The van der Waals surface area contributed by atoms with Crippen molar-refractivity contribution in [2.75, 3.05) is 9.80 Å². The molecule has 13 aromatic rings. The molecule has 0 saturated carbocycles. The second-order valence-electron chi connectivity index (χ2n) is 26.1. The third kappa shape index (κ3) is 7.97. The topological polar surface area (TPSA) is 6.48 Å². The number of anilines is 6. The van der Waals surface area contributed by atoms with E-state index in [4.69, 9.17) is 0 Å². The van der Waals surface area contributed by atoms with Gasteiger partial charge in [0.2, 0.25) is 0 Å². The minimum absolute atomic E-state index is 0.00421. The second-order valence-corrected chi connectivity index (χ2v) is 27.2. The summed E-state index contributed by atoms with van der Waals surface area (Å²) in [5, 5.41) is 9.03. The molecule has 15 rings (SSSR count). The lowest BCUT2D eigenvalue weighted by atomic mass is 9.36. The van der Waals surface area contributed by atoms with Crippen LogP contribution < -0.4 is 25.5 Å². The number of benzene rings is 12. The summed E-state index contributed by atoms with van der Waals surface area (Å²) in [6, 6.07) is 88.4. The molecule has 2 aliphatic rings. The van der Waals surface area contributed by atoms with E-state index in [-0.39, 0.29) is 23.0 Å². The van der Waals surface area contributed by atoms with Crippen LogP contribution >= 0.6 is 11.3 Å². The molecule has 0 unspecified atom stereocenters. The molecule has 0 saturated heterocycles. The zero-order valence-electron chi connectivity index (χ0n) is 48.3. The lowest BCUT2D eigenvalue weighted by molar-refractivity contribution is 0.590. The Kier molecular flexibility index (Phi) is 11.3. The van der Waals surface area contributed by atoms with Crippen LogP contribution in [-0.2, 0) is 16.2 Å². The first-order valence-electron chi connectivity index (χ1n) is 29.2. The van der Waals surface area contributed by atoms with Gasteiger partial charge in [-0.25, -0.2) is 0 Å². The Balaban J connectivity index is 1.09. The molecule has 0 bridgehead atoms. The standard InChI is InChI=1S/C78H65BN2S/c1-76(2,3)55-32-36-58(37-33-55)80-68-44-54(48-19-12-10-13-20-48)45-69-73(68)79(75-74(80)64-47-57(78(7,8)9)35-42-70(64)82-75)65-43-53(60-26-17-16-25-59(60)49-21-14-11-15-22-49)31-40-67(65)81(69)66-41-34-56(77(4,5)6)46-63(66)61-38-29-52-28-27-50-23-18-24-51-30-39-62(61)72(52)71(50)51/h10-47H,1-9H3. The molecule has 0 fully saturated rings. The zero-order chi connectivity index (χ0) is 56.0. The molecule has 2 aliphatic heterocycles. The van der Waals surface area contributed by atoms with Crippen molar-refractivity contribution >= 4 is 110 Å². The molecule has 0 amide bonds. The molecular weight excluding hydrogens is 1010 g/mol. The molecule has 4 heteroatoms. The van der Waals surface area contributed by atoms with E-state index in [2.05, 4.69) is 303 Å². The van der Waals surface area contributed by atoms with Crippen LogP contribution in [0, 0.1) is 0 Å². The summed E-state index contributed by atoms with van der Waals surface area (Å²) in [6.45, 7) is 20.9. The van der Waals surface area contributed by atoms with Gasteiger partial charge in [0.15, 0.2) is 0 Å². The molecule has 3 heterocycles. The summed E-state index contributed by atoms with van der Waals surface area (Å²) < 4.78 is 2.67. The summed E-state index contributed by atoms with van der Waals surface area (Å²) in [7, 11) is 0. The molecular formula is C78H65BN2S. The van der Waals surface area contributed by atoms with Gasteiger partial charge in [-0.1, -0.05) is 238 Å². The Bertz CT molecular complexity index is 4670. The summed E-state index contributed by atoms with van der Waals surface area (Å²) in [4.78, 5) is 5.32. The van der Waals surface area contributed by atoms with Gasteiger partial charge in [-0.15, -0.1) is 11.3 Å². The molecule has 0 atom stereocenters. The van der Waals surface area contributed by atoms with Crippen molar-refractivity contribution in [2.45, 2.75) is 78.6 Å². The Morgan fingerprint density at radius 2 is 0.902 bits per heavy atom. The van der Waals surface area contributed by atoms with Crippen molar-refractivity contribution in [3.05, 3.63) is 247 Å². The molecule has 0 spiro atoms. The van der Waals surface area contributed by atoms with Gasteiger partial charge >= 0.3 is 0 Å². The molecule has 0 N–H and O–H groups in total. The first-order chi connectivity index (χ1) is 39.6. The maximum atomic E-state index is 2.67. The minimum atomic E-state index is -0.108. The first kappa shape index (κ1) is 50.3. The van der Waals surface area contributed by atoms with E-state index < -0.39 is 0 Å². The van der Waals surface area contributed by atoms with Crippen LogP contribution in [0.4, 0.5) is 34.1 Å². The van der Waals surface area contributed by atoms with Crippen molar-refractivity contribution in [3.8, 4) is 44.5 Å². The maximum Gasteiger partial charge on any atom is 0.264 e. The monoisotopic (exact) mass is 1070 g/mol. The normalized spacial score (nSPS) is 13.4.